The molecule has 0 bridgehead atoms. The van der Waals surface area contributed by atoms with Crippen LogP contribution in [0.5, 0.6) is 5.75 Å². The summed E-state index contributed by atoms with van der Waals surface area (Å²) < 4.78 is 0. The zero-order valence-corrected chi connectivity index (χ0v) is 12.4. The van der Waals surface area contributed by atoms with Gasteiger partial charge in [-0.15, -0.1) is 0 Å². The Labute approximate surface area is 133 Å². The Kier molecular flexibility index (Phi) is 5.88. The van der Waals surface area contributed by atoms with Gasteiger partial charge in [0.25, 0.3) is 0 Å². The molecule has 0 heterocycles. The van der Waals surface area contributed by atoms with Gasteiger partial charge in [-0.1, -0.05) is 30.3 Å². The average Bonchev–Trinajstić information content (AvgIpc) is 2.56. The third kappa shape index (κ3) is 5.62. The maximum absolute atomic E-state index is 11.7. The largest absolute Gasteiger partial charge is 0.507 e. The number of hydrazone groups is 1. The second kappa shape index (κ2) is 8.33. The Morgan fingerprint density at radius 1 is 0.957 bits per heavy atom. The molecule has 2 rings (SSSR count). The lowest BCUT2D eigenvalue weighted by atomic mass is 10.2. The molecular formula is C17H17N3O3. The van der Waals surface area contributed by atoms with Gasteiger partial charge >= 0.3 is 0 Å². The lowest BCUT2D eigenvalue weighted by molar-refractivity contribution is -0.124. The van der Waals surface area contributed by atoms with Crippen molar-refractivity contribution >= 4 is 23.7 Å². The van der Waals surface area contributed by atoms with E-state index >= 15 is 0 Å². The van der Waals surface area contributed by atoms with Gasteiger partial charge in [0, 0.05) is 24.1 Å². The van der Waals surface area contributed by atoms with E-state index in [2.05, 4.69) is 15.8 Å². The SMILES string of the molecule is O=C(CCC(=O)Nc1ccccc1)N/N=C\c1ccccc1O. The number of hydrogen-bond acceptors (Lipinski definition) is 4. The van der Waals surface area contributed by atoms with Crippen LogP contribution in [0, 0.1) is 0 Å². The zero-order chi connectivity index (χ0) is 16.5. The molecule has 6 nitrogen and oxygen atoms in total. The number of anilines is 1. The maximum atomic E-state index is 11.7. The van der Waals surface area contributed by atoms with Crippen molar-refractivity contribution in [2.24, 2.45) is 5.10 Å². The molecule has 118 valence electrons. The van der Waals surface area contributed by atoms with Crippen molar-refractivity contribution in [2.45, 2.75) is 12.8 Å². The summed E-state index contributed by atoms with van der Waals surface area (Å²) in [5.41, 5.74) is 3.50. The number of benzene rings is 2. The number of phenols is 1. The summed E-state index contributed by atoms with van der Waals surface area (Å²) >= 11 is 0. The third-order valence-corrected chi connectivity index (χ3v) is 2.97. The number of carbonyl (C=O) groups excluding carboxylic acids is 2. The molecule has 0 saturated heterocycles. The number of rotatable bonds is 6. The third-order valence-electron chi connectivity index (χ3n) is 2.97. The Bertz CT molecular complexity index is 699. The molecule has 0 unspecified atom stereocenters. The van der Waals surface area contributed by atoms with E-state index in [4.69, 9.17) is 0 Å². The minimum absolute atomic E-state index is 0.0246. The van der Waals surface area contributed by atoms with Crippen molar-refractivity contribution < 1.29 is 14.7 Å². The molecule has 0 saturated carbocycles. The number of para-hydroxylation sites is 2. The van der Waals surface area contributed by atoms with Crippen LogP contribution in [-0.2, 0) is 9.59 Å². The summed E-state index contributed by atoms with van der Waals surface area (Å²) in [5, 5.41) is 16.0. The van der Waals surface area contributed by atoms with E-state index in [1.807, 2.05) is 18.2 Å². The van der Waals surface area contributed by atoms with Gasteiger partial charge in [0.2, 0.25) is 11.8 Å². The highest BCUT2D eigenvalue weighted by atomic mass is 16.3. The lowest BCUT2D eigenvalue weighted by Gasteiger charge is -2.04. The minimum Gasteiger partial charge on any atom is -0.507 e. The molecule has 0 spiro atoms. The van der Waals surface area contributed by atoms with Gasteiger partial charge in [-0.2, -0.15) is 5.10 Å². The summed E-state index contributed by atoms with van der Waals surface area (Å²) in [4.78, 5) is 23.3. The Balaban J connectivity index is 1.73. The number of nitrogens with zero attached hydrogens (tertiary/aromatic N) is 1. The van der Waals surface area contributed by atoms with Crippen molar-refractivity contribution in [1.29, 1.82) is 0 Å². The number of amides is 2. The quantitative estimate of drug-likeness (QED) is 0.564. The van der Waals surface area contributed by atoms with Crippen molar-refractivity contribution in [3.05, 3.63) is 60.2 Å². The van der Waals surface area contributed by atoms with Crippen LogP contribution < -0.4 is 10.7 Å². The lowest BCUT2D eigenvalue weighted by Crippen LogP contribution is -2.20. The Morgan fingerprint density at radius 2 is 1.61 bits per heavy atom. The summed E-state index contributed by atoms with van der Waals surface area (Å²) in [6.07, 6.45) is 1.43. The van der Waals surface area contributed by atoms with Crippen LogP contribution in [-0.4, -0.2) is 23.1 Å². The Morgan fingerprint density at radius 3 is 2.35 bits per heavy atom. The van der Waals surface area contributed by atoms with Crippen LogP contribution in [0.25, 0.3) is 0 Å². The molecule has 2 aromatic carbocycles. The molecule has 0 aliphatic carbocycles. The smallest absolute Gasteiger partial charge is 0.240 e. The summed E-state index contributed by atoms with van der Waals surface area (Å²) in [7, 11) is 0. The first-order valence-electron chi connectivity index (χ1n) is 7.10. The minimum atomic E-state index is -0.375. The van der Waals surface area contributed by atoms with Gasteiger partial charge in [-0.25, -0.2) is 5.43 Å². The predicted octanol–water partition coefficient (Wildman–Crippen LogP) is 2.26. The molecule has 2 amide bonds. The van der Waals surface area contributed by atoms with Crippen LogP contribution in [0.1, 0.15) is 18.4 Å². The highest BCUT2D eigenvalue weighted by Gasteiger charge is 2.06. The molecular weight excluding hydrogens is 294 g/mol. The van der Waals surface area contributed by atoms with E-state index in [-0.39, 0.29) is 30.4 Å². The van der Waals surface area contributed by atoms with E-state index in [9.17, 15) is 14.7 Å². The standard InChI is InChI=1S/C17H17N3O3/c21-15-9-5-4-6-13(15)12-18-20-17(23)11-10-16(22)19-14-7-2-1-3-8-14/h1-9,12,21H,10-11H2,(H,19,22)(H,20,23)/b18-12-. The van der Waals surface area contributed by atoms with Gasteiger partial charge in [0.1, 0.15) is 5.75 Å². The molecule has 0 radical (unpaired) electrons. The number of carbonyl (C=O) groups is 2. The molecule has 0 fully saturated rings. The number of hydrogen-bond donors (Lipinski definition) is 3. The topological polar surface area (TPSA) is 90.8 Å². The first kappa shape index (κ1) is 16.2. The predicted molar refractivity (Wildman–Crippen MR) is 88.1 cm³/mol. The zero-order valence-electron chi connectivity index (χ0n) is 12.4. The van der Waals surface area contributed by atoms with E-state index < -0.39 is 0 Å². The summed E-state index contributed by atoms with van der Waals surface area (Å²) in [5.74, 6) is -0.538. The fraction of sp³-hybridized carbons (Fsp3) is 0.118. The first-order valence-corrected chi connectivity index (χ1v) is 7.10. The molecule has 3 N–H and O–H groups in total. The van der Waals surface area contributed by atoms with Gasteiger partial charge in [0.15, 0.2) is 0 Å². The van der Waals surface area contributed by atoms with E-state index in [1.54, 1.807) is 30.3 Å². The highest BCUT2D eigenvalue weighted by Crippen LogP contribution is 2.12. The number of phenolic OH excluding ortho intramolecular Hbond substituents is 1. The fourth-order valence-electron chi connectivity index (χ4n) is 1.80. The molecule has 0 aliphatic rings. The van der Waals surface area contributed by atoms with Crippen molar-refractivity contribution in [3.63, 3.8) is 0 Å². The van der Waals surface area contributed by atoms with Gasteiger partial charge in [0.05, 0.1) is 6.21 Å². The van der Waals surface area contributed by atoms with Crippen LogP contribution in [0.15, 0.2) is 59.7 Å². The molecule has 0 aliphatic heterocycles. The summed E-state index contributed by atoms with van der Waals surface area (Å²) in [6.45, 7) is 0. The van der Waals surface area contributed by atoms with Crippen LogP contribution in [0.3, 0.4) is 0 Å². The molecule has 2 aromatic rings. The van der Waals surface area contributed by atoms with Crippen LogP contribution >= 0.6 is 0 Å². The molecule has 23 heavy (non-hydrogen) atoms. The number of aromatic hydroxyl groups is 1. The Hall–Kier alpha value is -3.15. The van der Waals surface area contributed by atoms with Gasteiger partial charge in [-0.05, 0) is 24.3 Å². The van der Waals surface area contributed by atoms with E-state index in [0.29, 0.717) is 11.3 Å². The van der Waals surface area contributed by atoms with Crippen LogP contribution in [0.4, 0.5) is 5.69 Å². The molecule has 0 atom stereocenters. The monoisotopic (exact) mass is 311 g/mol. The fourth-order valence-corrected chi connectivity index (χ4v) is 1.80. The normalized spacial score (nSPS) is 10.4. The second-order valence-electron chi connectivity index (χ2n) is 4.77. The van der Waals surface area contributed by atoms with E-state index in [1.165, 1.54) is 12.3 Å². The number of nitrogens with one attached hydrogen (secondary N) is 2. The average molecular weight is 311 g/mol. The molecule has 0 aromatic heterocycles. The van der Waals surface area contributed by atoms with Gasteiger partial charge in [-0.3, -0.25) is 9.59 Å². The van der Waals surface area contributed by atoms with E-state index in [0.717, 1.165) is 0 Å². The van der Waals surface area contributed by atoms with Crippen molar-refractivity contribution in [1.82, 2.24) is 5.43 Å². The van der Waals surface area contributed by atoms with Crippen molar-refractivity contribution in [2.75, 3.05) is 5.32 Å². The van der Waals surface area contributed by atoms with Crippen molar-refractivity contribution in [3.8, 4) is 5.75 Å². The van der Waals surface area contributed by atoms with Crippen LogP contribution in [0.2, 0.25) is 0 Å². The van der Waals surface area contributed by atoms with Gasteiger partial charge < -0.3 is 10.4 Å². The highest BCUT2D eigenvalue weighted by molar-refractivity contribution is 5.93. The summed E-state index contributed by atoms with van der Waals surface area (Å²) in [6, 6.07) is 15.7. The maximum Gasteiger partial charge on any atom is 0.240 e. The molecule has 6 heteroatoms. The second-order valence-corrected chi connectivity index (χ2v) is 4.77. The first-order chi connectivity index (χ1) is 11.1.